The summed E-state index contributed by atoms with van der Waals surface area (Å²) in [5.41, 5.74) is 0. The Hall–Kier alpha value is -1.51. The predicted molar refractivity (Wildman–Crippen MR) is 80.4 cm³/mol. The van der Waals surface area contributed by atoms with Gasteiger partial charge in [0.05, 0.1) is 22.7 Å². The number of sulfonamides is 1. The van der Waals surface area contributed by atoms with Gasteiger partial charge in [-0.3, -0.25) is 4.68 Å². The molecule has 9 heteroatoms. The minimum Gasteiger partial charge on any atom is -0.251 e. The molecule has 0 radical (unpaired) electrons. The molecule has 0 unspecified atom stereocenters. The quantitative estimate of drug-likeness (QED) is 0.868. The Balaban J connectivity index is 2.22. The first kappa shape index (κ1) is 16.9. The Morgan fingerprint density at radius 3 is 2.68 bits per heavy atom. The normalized spacial score (nSPS) is 13.5. The zero-order valence-corrected chi connectivity index (χ0v) is 13.6. The van der Waals surface area contributed by atoms with Crippen LogP contribution in [0, 0.1) is 11.7 Å². The van der Waals surface area contributed by atoms with Crippen molar-refractivity contribution in [2.75, 3.05) is 0 Å². The fourth-order valence-corrected chi connectivity index (χ4v) is 3.47. The number of nitrogens with zero attached hydrogens (tertiary/aromatic N) is 3. The number of aromatic nitrogens is 3. The number of benzene rings is 1. The van der Waals surface area contributed by atoms with E-state index in [-0.39, 0.29) is 15.8 Å². The van der Waals surface area contributed by atoms with Gasteiger partial charge in [-0.15, -0.1) is 5.10 Å². The number of halogens is 2. The first-order chi connectivity index (χ1) is 10.3. The fourth-order valence-electron chi connectivity index (χ4n) is 1.83. The van der Waals surface area contributed by atoms with E-state index in [1.54, 1.807) is 10.9 Å². The number of hydrogen-bond donors (Lipinski definition) is 1. The van der Waals surface area contributed by atoms with Crippen LogP contribution in [-0.4, -0.2) is 29.5 Å². The minimum absolute atomic E-state index is 0.0231. The summed E-state index contributed by atoms with van der Waals surface area (Å²) < 4.78 is 42.1. The molecule has 0 aliphatic rings. The molecule has 0 amide bonds. The Bertz CT molecular complexity index is 735. The van der Waals surface area contributed by atoms with Crippen molar-refractivity contribution in [1.82, 2.24) is 19.7 Å². The lowest BCUT2D eigenvalue weighted by Gasteiger charge is -2.22. The second kappa shape index (κ2) is 6.72. The molecule has 2 aromatic rings. The molecule has 0 fully saturated rings. The first-order valence-corrected chi connectivity index (χ1v) is 8.47. The number of hydrogen-bond acceptors (Lipinski definition) is 4. The Morgan fingerprint density at radius 1 is 1.41 bits per heavy atom. The van der Waals surface area contributed by atoms with Crippen LogP contribution < -0.4 is 4.72 Å². The van der Waals surface area contributed by atoms with Crippen molar-refractivity contribution in [3.63, 3.8) is 0 Å². The highest BCUT2D eigenvalue weighted by molar-refractivity contribution is 7.89. The van der Waals surface area contributed by atoms with Crippen molar-refractivity contribution in [1.29, 1.82) is 0 Å². The van der Waals surface area contributed by atoms with E-state index < -0.39 is 21.9 Å². The van der Waals surface area contributed by atoms with E-state index in [4.69, 9.17) is 11.6 Å². The van der Waals surface area contributed by atoms with Crippen LogP contribution in [0.3, 0.4) is 0 Å². The second-order valence-electron chi connectivity index (χ2n) is 5.17. The Kier molecular flexibility index (Phi) is 5.15. The van der Waals surface area contributed by atoms with Gasteiger partial charge in [0, 0.05) is 12.2 Å². The molecule has 1 N–H and O–H groups in total. The maximum absolute atomic E-state index is 13.2. The van der Waals surface area contributed by atoms with Crippen LogP contribution in [0.1, 0.15) is 13.8 Å². The van der Waals surface area contributed by atoms with Gasteiger partial charge in [-0.05, 0) is 24.1 Å². The van der Waals surface area contributed by atoms with Crippen LogP contribution in [0.5, 0.6) is 0 Å². The van der Waals surface area contributed by atoms with Gasteiger partial charge in [-0.1, -0.05) is 30.7 Å². The summed E-state index contributed by atoms with van der Waals surface area (Å²) in [6.07, 6.45) is 3.17. The molecule has 2 rings (SSSR count). The molecule has 1 heterocycles. The Labute approximate surface area is 133 Å². The van der Waals surface area contributed by atoms with Crippen molar-refractivity contribution in [2.45, 2.75) is 31.3 Å². The Morgan fingerprint density at radius 2 is 2.14 bits per heavy atom. The highest BCUT2D eigenvalue weighted by Gasteiger charge is 2.23. The average Bonchev–Trinajstić information content (AvgIpc) is 2.93. The zero-order valence-electron chi connectivity index (χ0n) is 12.1. The molecule has 1 aromatic heterocycles. The van der Waals surface area contributed by atoms with Crippen molar-refractivity contribution in [3.05, 3.63) is 41.4 Å². The molecule has 22 heavy (non-hydrogen) atoms. The summed E-state index contributed by atoms with van der Waals surface area (Å²) >= 11 is 5.64. The van der Waals surface area contributed by atoms with Crippen LogP contribution in [0.4, 0.5) is 4.39 Å². The van der Waals surface area contributed by atoms with Gasteiger partial charge in [-0.2, -0.15) is 0 Å². The van der Waals surface area contributed by atoms with Gasteiger partial charge in [-0.25, -0.2) is 17.5 Å². The molecule has 0 bridgehead atoms. The van der Waals surface area contributed by atoms with Gasteiger partial charge >= 0.3 is 0 Å². The van der Waals surface area contributed by atoms with Crippen molar-refractivity contribution in [3.8, 4) is 0 Å². The van der Waals surface area contributed by atoms with E-state index in [0.717, 1.165) is 12.1 Å². The molecule has 1 aromatic carbocycles. The molecule has 0 spiro atoms. The third kappa shape index (κ3) is 4.02. The summed E-state index contributed by atoms with van der Waals surface area (Å²) in [5.74, 6) is -0.640. The standard InChI is InChI=1S/C13H16ClFN4O2S/c1-9(2)13(8-19-6-5-16-18-19)17-22(20,21)10-3-4-12(15)11(14)7-10/h3-7,9,13,17H,8H2,1-2H3/t13-/m1/s1. The molecular weight excluding hydrogens is 331 g/mol. The maximum atomic E-state index is 13.2. The van der Waals surface area contributed by atoms with Gasteiger partial charge in [0.25, 0.3) is 0 Å². The van der Waals surface area contributed by atoms with Crippen LogP contribution in [0.2, 0.25) is 5.02 Å². The SMILES string of the molecule is CC(C)[C@@H](Cn1ccnn1)NS(=O)(=O)c1ccc(F)c(Cl)c1. The zero-order chi connectivity index (χ0) is 16.3. The van der Waals surface area contributed by atoms with E-state index in [0.29, 0.717) is 6.54 Å². The van der Waals surface area contributed by atoms with Crippen LogP contribution in [0.25, 0.3) is 0 Å². The third-order valence-corrected chi connectivity index (χ3v) is 4.95. The van der Waals surface area contributed by atoms with Crippen LogP contribution >= 0.6 is 11.6 Å². The lowest BCUT2D eigenvalue weighted by atomic mass is 10.1. The lowest BCUT2D eigenvalue weighted by molar-refractivity contribution is 0.378. The largest absolute Gasteiger partial charge is 0.251 e. The maximum Gasteiger partial charge on any atom is 0.240 e. The average molecular weight is 347 g/mol. The first-order valence-electron chi connectivity index (χ1n) is 6.61. The van der Waals surface area contributed by atoms with Gasteiger partial charge < -0.3 is 0 Å². The molecule has 0 saturated carbocycles. The fraction of sp³-hybridized carbons (Fsp3) is 0.385. The predicted octanol–water partition coefficient (Wildman–Crippen LogP) is 2.07. The number of rotatable bonds is 6. The van der Waals surface area contributed by atoms with Gasteiger partial charge in [0.2, 0.25) is 10.0 Å². The summed E-state index contributed by atoms with van der Waals surface area (Å²) in [4.78, 5) is -0.0804. The molecule has 1 atom stereocenters. The topological polar surface area (TPSA) is 76.9 Å². The summed E-state index contributed by atoms with van der Waals surface area (Å²) in [5, 5.41) is 7.28. The van der Waals surface area contributed by atoms with E-state index in [9.17, 15) is 12.8 Å². The highest BCUT2D eigenvalue weighted by Crippen LogP contribution is 2.20. The summed E-state index contributed by atoms with van der Waals surface area (Å²) in [6.45, 7) is 4.12. The van der Waals surface area contributed by atoms with E-state index in [2.05, 4.69) is 15.0 Å². The molecule has 0 aliphatic carbocycles. The number of nitrogens with one attached hydrogen (secondary N) is 1. The van der Waals surface area contributed by atoms with Gasteiger partial charge in [0.1, 0.15) is 5.82 Å². The van der Waals surface area contributed by atoms with Crippen LogP contribution in [0.15, 0.2) is 35.5 Å². The third-order valence-electron chi connectivity index (χ3n) is 3.17. The molecule has 120 valence electrons. The van der Waals surface area contributed by atoms with E-state index >= 15 is 0 Å². The van der Waals surface area contributed by atoms with Crippen LogP contribution in [-0.2, 0) is 16.6 Å². The monoisotopic (exact) mass is 346 g/mol. The van der Waals surface area contributed by atoms with Crippen molar-refractivity contribution >= 4 is 21.6 Å². The smallest absolute Gasteiger partial charge is 0.240 e. The molecular formula is C13H16ClFN4O2S. The van der Waals surface area contributed by atoms with Crippen molar-refractivity contribution < 1.29 is 12.8 Å². The second-order valence-corrected chi connectivity index (χ2v) is 7.29. The lowest BCUT2D eigenvalue weighted by Crippen LogP contribution is -2.41. The highest BCUT2D eigenvalue weighted by atomic mass is 35.5. The van der Waals surface area contributed by atoms with E-state index in [1.807, 2.05) is 13.8 Å². The summed E-state index contributed by atoms with van der Waals surface area (Å²) in [7, 11) is -3.81. The molecule has 6 nitrogen and oxygen atoms in total. The van der Waals surface area contributed by atoms with Gasteiger partial charge in [0.15, 0.2) is 0 Å². The minimum atomic E-state index is -3.81. The molecule has 0 aliphatic heterocycles. The van der Waals surface area contributed by atoms with Crippen molar-refractivity contribution in [2.24, 2.45) is 5.92 Å². The molecule has 0 saturated heterocycles. The van der Waals surface area contributed by atoms with E-state index in [1.165, 1.54) is 12.3 Å². The summed E-state index contributed by atoms with van der Waals surface area (Å²) in [6, 6.07) is 2.90.